The Morgan fingerprint density at radius 3 is 2.89 bits per heavy atom. The Morgan fingerprint density at radius 1 is 1.39 bits per heavy atom. The van der Waals surface area contributed by atoms with Gasteiger partial charge in [0.1, 0.15) is 18.0 Å². The second kappa shape index (κ2) is 6.54. The van der Waals surface area contributed by atoms with Gasteiger partial charge in [-0.05, 0) is 32.4 Å². The topological polar surface area (TPSA) is 53.1 Å². The van der Waals surface area contributed by atoms with Gasteiger partial charge in [-0.3, -0.25) is 0 Å². The van der Waals surface area contributed by atoms with Gasteiger partial charge in [-0.2, -0.15) is 0 Å². The van der Waals surface area contributed by atoms with Crippen LogP contribution >= 0.6 is 0 Å². The first-order chi connectivity index (χ1) is 8.81. The maximum absolute atomic E-state index is 4.38. The van der Waals surface area contributed by atoms with Crippen LogP contribution in [0.15, 0.2) is 12.4 Å². The van der Waals surface area contributed by atoms with Crippen LogP contribution in [-0.4, -0.2) is 42.7 Å². The highest BCUT2D eigenvalue weighted by atomic mass is 15.2. The molecule has 1 aliphatic heterocycles. The Morgan fingerprint density at radius 2 is 2.17 bits per heavy atom. The predicted octanol–water partition coefficient (Wildman–Crippen LogP) is 1.49. The summed E-state index contributed by atoms with van der Waals surface area (Å²) in [5, 5.41) is 6.69. The molecule has 0 radical (unpaired) electrons. The van der Waals surface area contributed by atoms with Gasteiger partial charge in [0.15, 0.2) is 0 Å². The number of rotatable bonds is 5. The van der Waals surface area contributed by atoms with Crippen LogP contribution in [0.2, 0.25) is 0 Å². The summed E-state index contributed by atoms with van der Waals surface area (Å²) in [4.78, 5) is 10.9. The van der Waals surface area contributed by atoms with E-state index in [1.54, 1.807) is 6.33 Å². The molecule has 18 heavy (non-hydrogen) atoms. The van der Waals surface area contributed by atoms with Gasteiger partial charge in [0, 0.05) is 25.7 Å². The molecule has 5 nitrogen and oxygen atoms in total. The van der Waals surface area contributed by atoms with Crippen molar-refractivity contribution in [1.82, 2.24) is 15.3 Å². The van der Waals surface area contributed by atoms with E-state index in [-0.39, 0.29) is 0 Å². The molecule has 1 aliphatic rings. The van der Waals surface area contributed by atoms with Gasteiger partial charge < -0.3 is 15.5 Å². The van der Waals surface area contributed by atoms with Gasteiger partial charge in [-0.25, -0.2) is 9.97 Å². The lowest BCUT2D eigenvalue weighted by molar-refractivity contribution is 0.441. The molecule has 0 atom stereocenters. The molecule has 0 aromatic carbocycles. The minimum absolute atomic E-state index is 0.583. The fourth-order valence-corrected chi connectivity index (χ4v) is 2.27. The molecule has 1 aromatic heterocycles. The molecule has 0 aliphatic carbocycles. The summed E-state index contributed by atoms with van der Waals surface area (Å²) in [6.45, 7) is 5.30. The maximum atomic E-state index is 4.38. The lowest BCUT2D eigenvalue weighted by atomic mass is 10.1. The average Bonchev–Trinajstić information content (AvgIpc) is 2.45. The average molecular weight is 249 g/mol. The highest BCUT2D eigenvalue weighted by Crippen LogP contribution is 2.19. The van der Waals surface area contributed by atoms with E-state index in [4.69, 9.17) is 0 Å². The highest BCUT2D eigenvalue weighted by Gasteiger charge is 2.19. The quantitative estimate of drug-likeness (QED) is 0.828. The van der Waals surface area contributed by atoms with E-state index in [1.807, 2.05) is 6.07 Å². The summed E-state index contributed by atoms with van der Waals surface area (Å²) in [5.74, 6) is 1.93. The van der Waals surface area contributed by atoms with Gasteiger partial charge in [-0.1, -0.05) is 6.92 Å². The second-order valence-corrected chi connectivity index (χ2v) is 4.78. The molecule has 0 unspecified atom stereocenters. The summed E-state index contributed by atoms with van der Waals surface area (Å²) >= 11 is 0. The lowest BCUT2D eigenvalue weighted by Gasteiger charge is -2.32. The van der Waals surface area contributed by atoms with Crippen LogP contribution in [0, 0.1) is 0 Å². The molecule has 1 aromatic rings. The number of hydrogen-bond donors (Lipinski definition) is 2. The van der Waals surface area contributed by atoms with Crippen molar-refractivity contribution in [2.24, 2.45) is 0 Å². The van der Waals surface area contributed by atoms with Crippen LogP contribution < -0.4 is 15.5 Å². The Balaban J connectivity index is 2.02. The van der Waals surface area contributed by atoms with Gasteiger partial charge >= 0.3 is 0 Å². The van der Waals surface area contributed by atoms with Gasteiger partial charge in [0.2, 0.25) is 0 Å². The van der Waals surface area contributed by atoms with E-state index < -0.39 is 0 Å². The second-order valence-electron chi connectivity index (χ2n) is 4.78. The number of aromatic nitrogens is 2. The van der Waals surface area contributed by atoms with Crippen molar-refractivity contribution in [2.75, 3.05) is 36.9 Å². The molecule has 5 heteroatoms. The van der Waals surface area contributed by atoms with E-state index in [1.165, 1.54) is 12.8 Å². The summed E-state index contributed by atoms with van der Waals surface area (Å²) in [7, 11) is 2.13. The Bertz CT molecular complexity index is 362. The van der Waals surface area contributed by atoms with Crippen molar-refractivity contribution in [2.45, 2.75) is 32.2 Å². The summed E-state index contributed by atoms with van der Waals surface area (Å²) in [6, 6.07) is 2.62. The molecular weight excluding hydrogens is 226 g/mol. The molecule has 0 bridgehead atoms. The molecule has 0 saturated carbocycles. The summed E-state index contributed by atoms with van der Waals surface area (Å²) < 4.78 is 0. The molecule has 1 fully saturated rings. The molecule has 0 spiro atoms. The zero-order valence-corrected chi connectivity index (χ0v) is 11.3. The molecular formula is C13H23N5. The first-order valence-corrected chi connectivity index (χ1v) is 6.80. The number of nitrogens with one attached hydrogen (secondary N) is 2. The molecule has 100 valence electrons. The summed E-state index contributed by atoms with van der Waals surface area (Å²) in [5.41, 5.74) is 0. The fourth-order valence-electron chi connectivity index (χ4n) is 2.27. The van der Waals surface area contributed by atoms with Crippen molar-refractivity contribution in [3.8, 4) is 0 Å². The van der Waals surface area contributed by atoms with Crippen LogP contribution in [0.25, 0.3) is 0 Å². The zero-order valence-electron chi connectivity index (χ0n) is 11.3. The monoisotopic (exact) mass is 249 g/mol. The number of piperidine rings is 1. The van der Waals surface area contributed by atoms with E-state index in [2.05, 4.69) is 39.5 Å². The third-order valence-electron chi connectivity index (χ3n) is 3.43. The fraction of sp³-hybridized carbons (Fsp3) is 0.692. The highest BCUT2D eigenvalue weighted by molar-refractivity contribution is 5.48. The van der Waals surface area contributed by atoms with E-state index in [0.717, 1.165) is 37.7 Å². The van der Waals surface area contributed by atoms with Crippen LogP contribution in [0.4, 0.5) is 11.6 Å². The van der Waals surface area contributed by atoms with Crippen molar-refractivity contribution in [3.63, 3.8) is 0 Å². The van der Waals surface area contributed by atoms with Crippen LogP contribution in [0.3, 0.4) is 0 Å². The standard InChI is InChI=1S/C13H23N5/c1-3-6-15-12-9-13(17-10-16-12)18(2)11-4-7-14-8-5-11/h9-11,14H,3-8H2,1-2H3,(H,15,16,17). The Kier molecular flexibility index (Phi) is 4.75. The number of hydrogen-bond acceptors (Lipinski definition) is 5. The predicted molar refractivity (Wildman–Crippen MR) is 75.1 cm³/mol. The minimum Gasteiger partial charge on any atom is -0.370 e. The van der Waals surface area contributed by atoms with Gasteiger partial charge in [-0.15, -0.1) is 0 Å². The van der Waals surface area contributed by atoms with Gasteiger partial charge in [0.05, 0.1) is 0 Å². The number of nitrogens with zero attached hydrogens (tertiary/aromatic N) is 3. The lowest BCUT2D eigenvalue weighted by Crippen LogP contribution is -2.41. The third kappa shape index (κ3) is 3.32. The Labute approximate surface area is 109 Å². The van der Waals surface area contributed by atoms with E-state index in [9.17, 15) is 0 Å². The molecule has 2 N–H and O–H groups in total. The first-order valence-electron chi connectivity index (χ1n) is 6.80. The van der Waals surface area contributed by atoms with Crippen molar-refractivity contribution < 1.29 is 0 Å². The smallest absolute Gasteiger partial charge is 0.134 e. The zero-order chi connectivity index (χ0) is 12.8. The van der Waals surface area contributed by atoms with E-state index in [0.29, 0.717) is 6.04 Å². The number of anilines is 2. The van der Waals surface area contributed by atoms with Crippen LogP contribution in [0.1, 0.15) is 26.2 Å². The van der Waals surface area contributed by atoms with Crippen LogP contribution in [0.5, 0.6) is 0 Å². The largest absolute Gasteiger partial charge is 0.370 e. The van der Waals surface area contributed by atoms with Crippen molar-refractivity contribution in [1.29, 1.82) is 0 Å². The third-order valence-corrected chi connectivity index (χ3v) is 3.43. The molecule has 0 amide bonds. The SMILES string of the molecule is CCCNc1cc(N(C)C2CCNCC2)ncn1. The Hall–Kier alpha value is -1.36. The summed E-state index contributed by atoms with van der Waals surface area (Å²) in [6.07, 6.45) is 5.10. The first kappa shape index (κ1) is 13.1. The molecule has 2 rings (SSSR count). The van der Waals surface area contributed by atoms with Crippen LogP contribution in [-0.2, 0) is 0 Å². The molecule has 2 heterocycles. The van der Waals surface area contributed by atoms with Crippen molar-refractivity contribution in [3.05, 3.63) is 12.4 Å². The maximum Gasteiger partial charge on any atom is 0.134 e. The molecule has 1 saturated heterocycles. The normalized spacial score (nSPS) is 16.6. The van der Waals surface area contributed by atoms with Crippen molar-refractivity contribution >= 4 is 11.6 Å². The minimum atomic E-state index is 0.583. The van der Waals surface area contributed by atoms with E-state index >= 15 is 0 Å². The van der Waals surface area contributed by atoms with Gasteiger partial charge in [0.25, 0.3) is 0 Å².